The molecule has 0 aliphatic heterocycles. The Balaban J connectivity index is 2.12. The van der Waals surface area contributed by atoms with Crippen LogP contribution in [-0.4, -0.2) is 8.42 Å². The molecular weight excluding hydrogens is 378 g/mol. The number of sulfonamides is 1. The van der Waals surface area contributed by atoms with E-state index in [1.54, 1.807) is 13.0 Å². The van der Waals surface area contributed by atoms with Crippen molar-refractivity contribution in [2.75, 3.05) is 0 Å². The molecule has 98 valence electrons. The van der Waals surface area contributed by atoms with Crippen molar-refractivity contribution in [1.29, 1.82) is 0 Å². The Morgan fingerprint density at radius 3 is 2.67 bits per heavy atom. The van der Waals surface area contributed by atoms with Crippen molar-refractivity contribution < 1.29 is 8.42 Å². The van der Waals surface area contributed by atoms with Crippen molar-refractivity contribution in [2.24, 2.45) is 0 Å². The van der Waals surface area contributed by atoms with Gasteiger partial charge in [0.15, 0.2) is 0 Å². The second-order valence-electron chi connectivity index (χ2n) is 3.58. The van der Waals surface area contributed by atoms with Crippen molar-refractivity contribution in [2.45, 2.75) is 17.7 Å². The molecular formula is C10H9BrClNO2S3. The highest BCUT2D eigenvalue weighted by atomic mass is 79.9. The van der Waals surface area contributed by atoms with Gasteiger partial charge in [-0.15, -0.1) is 22.7 Å². The van der Waals surface area contributed by atoms with E-state index in [4.69, 9.17) is 11.6 Å². The zero-order chi connectivity index (χ0) is 13.3. The van der Waals surface area contributed by atoms with Gasteiger partial charge in [-0.2, -0.15) is 0 Å². The Labute approximate surface area is 127 Å². The number of rotatable bonds is 4. The van der Waals surface area contributed by atoms with Crippen molar-refractivity contribution >= 4 is 60.2 Å². The predicted molar refractivity (Wildman–Crippen MR) is 80.1 cm³/mol. The summed E-state index contributed by atoms with van der Waals surface area (Å²) in [4.78, 5) is 0.949. The van der Waals surface area contributed by atoms with Crippen LogP contribution in [0.25, 0.3) is 0 Å². The van der Waals surface area contributed by atoms with E-state index in [0.29, 0.717) is 4.34 Å². The lowest BCUT2D eigenvalue weighted by molar-refractivity contribution is 0.584. The third-order valence-electron chi connectivity index (χ3n) is 2.16. The third-order valence-corrected chi connectivity index (χ3v) is 7.29. The first-order valence-corrected chi connectivity index (χ1v) is 9.22. The van der Waals surface area contributed by atoms with E-state index in [-0.39, 0.29) is 10.8 Å². The van der Waals surface area contributed by atoms with E-state index in [0.717, 1.165) is 26.3 Å². The van der Waals surface area contributed by atoms with Gasteiger partial charge in [-0.05, 0) is 40.5 Å². The van der Waals surface area contributed by atoms with Crippen LogP contribution in [0, 0.1) is 6.92 Å². The van der Waals surface area contributed by atoms with Gasteiger partial charge in [0.05, 0.1) is 4.34 Å². The molecule has 0 aromatic carbocycles. The van der Waals surface area contributed by atoms with E-state index in [2.05, 4.69) is 20.7 Å². The van der Waals surface area contributed by atoms with Crippen LogP contribution in [0.3, 0.4) is 0 Å². The van der Waals surface area contributed by atoms with Gasteiger partial charge in [0, 0.05) is 21.3 Å². The molecule has 0 amide bonds. The maximum absolute atomic E-state index is 12.0. The summed E-state index contributed by atoms with van der Waals surface area (Å²) in [6.45, 7) is 2.07. The predicted octanol–water partition coefficient (Wildman–Crippen LogP) is 4.01. The van der Waals surface area contributed by atoms with E-state index in [1.165, 1.54) is 11.3 Å². The standard InChI is InChI=1S/C10H9BrClNO2S3/c1-6-2-9(17-10(6)12)18(14,15)13-4-8-3-7(11)5-16-8/h2-3,5,13H,4H2,1H3. The van der Waals surface area contributed by atoms with Crippen LogP contribution < -0.4 is 4.72 Å². The molecule has 0 aliphatic rings. The quantitative estimate of drug-likeness (QED) is 0.863. The lowest BCUT2D eigenvalue weighted by Crippen LogP contribution is -2.21. The average molecular weight is 387 g/mol. The summed E-state index contributed by atoms with van der Waals surface area (Å²) < 4.78 is 28.3. The minimum Gasteiger partial charge on any atom is -0.206 e. The monoisotopic (exact) mass is 385 g/mol. The van der Waals surface area contributed by atoms with Crippen molar-refractivity contribution in [3.8, 4) is 0 Å². The molecule has 0 saturated carbocycles. The molecule has 0 atom stereocenters. The third kappa shape index (κ3) is 3.34. The summed E-state index contributed by atoms with van der Waals surface area (Å²) in [6.07, 6.45) is 0. The second kappa shape index (κ2) is 5.60. The SMILES string of the molecule is Cc1cc(S(=O)(=O)NCc2cc(Br)cs2)sc1Cl. The van der Waals surface area contributed by atoms with E-state index >= 15 is 0 Å². The Bertz CT molecular complexity index is 643. The maximum atomic E-state index is 12.0. The molecule has 3 nitrogen and oxygen atoms in total. The van der Waals surface area contributed by atoms with Crippen LogP contribution in [0.1, 0.15) is 10.4 Å². The molecule has 0 fully saturated rings. The number of thiophene rings is 2. The number of aryl methyl sites for hydroxylation is 1. The molecule has 0 bridgehead atoms. The fourth-order valence-electron chi connectivity index (χ4n) is 1.25. The van der Waals surface area contributed by atoms with Crippen LogP contribution in [-0.2, 0) is 16.6 Å². The van der Waals surface area contributed by atoms with Crippen molar-refractivity contribution in [3.63, 3.8) is 0 Å². The summed E-state index contributed by atoms with van der Waals surface area (Å²) >= 11 is 11.8. The highest BCUT2D eigenvalue weighted by molar-refractivity contribution is 9.10. The van der Waals surface area contributed by atoms with Gasteiger partial charge < -0.3 is 0 Å². The first kappa shape index (κ1) is 14.5. The second-order valence-corrected chi connectivity index (χ2v) is 9.14. The first-order chi connectivity index (χ1) is 8.38. The molecule has 18 heavy (non-hydrogen) atoms. The fraction of sp³-hybridized carbons (Fsp3) is 0.200. The van der Waals surface area contributed by atoms with E-state index in [1.807, 2.05) is 11.4 Å². The Morgan fingerprint density at radius 1 is 1.44 bits per heavy atom. The summed E-state index contributed by atoms with van der Waals surface area (Å²) in [5.74, 6) is 0. The average Bonchev–Trinajstić information content (AvgIpc) is 2.84. The number of hydrogen-bond acceptors (Lipinski definition) is 4. The molecule has 0 aliphatic carbocycles. The molecule has 0 saturated heterocycles. The maximum Gasteiger partial charge on any atom is 0.250 e. The lowest BCUT2D eigenvalue weighted by atomic mass is 10.4. The Morgan fingerprint density at radius 2 is 2.17 bits per heavy atom. The van der Waals surface area contributed by atoms with E-state index in [9.17, 15) is 8.42 Å². The van der Waals surface area contributed by atoms with Gasteiger partial charge >= 0.3 is 0 Å². The normalized spacial score (nSPS) is 11.9. The zero-order valence-corrected chi connectivity index (χ0v) is 14.0. The molecule has 2 rings (SSSR count). The first-order valence-electron chi connectivity index (χ1n) is 4.87. The summed E-state index contributed by atoms with van der Waals surface area (Å²) in [7, 11) is -3.48. The van der Waals surface area contributed by atoms with Gasteiger partial charge in [0.25, 0.3) is 0 Å². The minimum absolute atomic E-state index is 0.251. The molecule has 2 heterocycles. The number of nitrogens with one attached hydrogen (secondary N) is 1. The van der Waals surface area contributed by atoms with Crippen LogP contribution >= 0.6 is 50.2 Å². The molecule has 1 N–H and O–H groups in total. The van der Waals surface area contributed by atoms with E-state index < -0.39 is 10.0 Å². The number of hydrogen-bond donors (Lipinski definition) is 1. The van der Waals surface area contributed by atoms with Gasteiger partial charge in [-0.25, -0.2) is 13.1 Å². The van der Waals surface area contributed by atoms with Crippen LogP contribution in [0.2, 0.25) is 4.34 Å². The molecule has 0 spiro atoms. The van der Waals surface area contributed by atoms with Crippen LogP contribution in [0.5, 0.6) is 0 Å². The van der Waals surface area contributed by atoms with Gasteiger partial charge in [0.1, 0.15) is 4.21 Å². The molecule has 8 heteroatoms. The Kier molecular flexibility index (Phi) is 4.51. The lowest BCUT2D eigenvalue weighted by Gasteiger charge is -2.02. The fourth-order valence-corrected chi connectivity index (χ4v) is 5.49. The van der Waals surface area contributed by atoms with Crippen molar-refractivity contribution in [1.82, 2.24) is 4.72 Å². The zero-order valence-electron chi connectivity index (χ0n) is 9.24. The van der Waals surface area contributed by atoms with Crippen LogP contribution in [0.4, 0.5) is 0 Å². The largest absolute Gasteiger partial charge is 0.250 e. The van der Waals surface area contributed by atoms with Gasteiger partial charge in [0.2, 0.25) is 10.0 Å². The van der Waals surface area contributed by atoms with Crippen LogP contribution in [0.15, 0.2) is 26.2 Å². The minimum atomic E-state index is -3.48. The number of halogens is 2. The summed E-state index contributed by atoms with van der Waals surface area (Å²) in [5, 5.41) is 1.91. The van der Waals surface area contributed by atoms with Crippen molar-refractivity contribution in [3.05, 3.63) is 36.8 Å². The molecule has 2 aromatic heterocycles. The Hall–Kier alpha value is 0.0800. The molecule has 0 radical (unpaired) electrons. The van der Waals surface area contributed by atoms with Gasteiger partial charge in [-0.3, -0.25) is 0 Å². The van der Waals surface area contributed by atoms with Gasteiger partial charge in [-0.1, -0.05) is 11.6 Å². The summed E-state index contributed by atoms with van der Waals surface area (Å²) in [5.41, 5.74) is 0.779. The summed E-state index contributed by atoms with van der Waals surface area (Å²) in [6, 6.07) is 3.47. The molecule has 0 unspecified atom stereocenters. The highest BCUT2D eigenvalue weighted by Gasteiger charge is 2.18. The highest BCUT2D eigenvalue weighted by Crippen LogP contribution is 2.30. The molecule has 2 aromatic rings. The topological polar surface area (TPSA) is 46.2 Å². The smallest absolute Gasteiger partial charge is 0.206 e.